The highest BCUT2D eigenvalue weighted by molar-refractivity contribution is 6.31. The summed E-state index contributed by atoms with van der Waals surface area (Å²) in [6.45, 7) is 4.20. The Morgan fingerprint density at radius 3 is 2.58 bits per heavy atom. The molecule has 0 bridgehead atoms. The number of aromatic nitrogens is 3. The van der Waals surface area contributed by atoms with E-state index < -0.39 is 0 Å². The number of benzene rings is 1. The lowest BCUT2D eigenvalue weighted by Crippen LogP contribution is -2.21. The van der Waals surface area contributed by atoms with Gasteiger partial charge in [-0.25, -0.2) is 9.50 Å². The second kappa shape index (κ2) is 8.49. The molecule has 0 amide bonds. The molecule has 3 aromatic rings. The van der Waals surface area contributed by atoms with Gasteiger partial charge >= 0.3 is 0 Å². The third-order valence-corrected chi connectivity index (χ3v) is 4.59. The first-order chi connectivity index (χ1) is 12.6. The summed E-state index contributed by atoms with van der Waals surface area (Å²) in [5.41, 5.74) is 3.23. The van der Waals surface area contributed by atoms with Gasteiger partial charge in [0.15, 0.2) is 0 Å². The van der Waals surface area contributed by atoms with Crippen LogP contribution in [0.4, 0.5) is 0 Å². The van der Waals surface area contributed by atoms with Crippen molar-refractivity contribution in [2.75, 3.05) is 13.1 Å². The smallest absolute Gasteiger partial charge is 0.137 e. The molecular formula is C19H23ClN4O2. The van der Waals surface area contributed by atoms with Gasteiger partial charge < -0.3 is 15.5 Å². The number of hydrogen-bond donors (Lipinski definition) is 3. The van der Waals surface area contributed by atoms with Crippen LogP contribution in [-0.2, 0) is 6.61 Å². The van der Waals surface area contributed by atoms with E-state index in [1.54, 1.807) is 35.8 Å². The summed E-state index contributed by atoms with van der Waals surface area (Å²) < 4.78 is 1.61. The highest BCUT2D eigenvalue weighted by Gasteiger charge is 2.14. The molecule has 1 saturated heterocycles. The lowest BCUT2D eigenvalue weighted by Gasteiger charge is -2.08. The predicted octanol–water partition coefficient (Wildman–Crippen LogP) is 3.32. The fourth-order valence-electron chi connectivity index (χ4n) is 3.00. The minimum atomic E-state index is -0.0800. The zero-order valence-corrected chi connectivity index (χ0v) is 15.5. The molecule has 1 aliphatic heterocycles. The first kappa shape index (κ1) is 18.6. The van der Waals surface area contributed by atoms with Crippen molar-refractivity contribution in [2.45, 2.75) is 32.8 Å². The standard InChI is InChI=1S/C14H12ClN3O2.C5H11N/c1-8-2-10(15)4-11(14(8)20)13-12-3-9(6-19)5-18(12)17-7-16-13;1-2-4-6-5-3-1/h2-5,7,19-20H,6H2,1H3;6H,1-5H2. The highest BCUT2D eigenvalue weighted by Crippen LogP contribution is 2.35. The van der Waals surface area contributed by atoms with Gasteiger partial charge in [0.25, 0.3) is 0 Å². The second-order valence-electron chi connectivity index (χ2n) is 6.37. The summed E-state index contributed by atoms with van der Waals surface area (Å²) in [7, 11) is 0. The molecule has 138 valence electrons. The molecule has 7 heteroatoms. The molecule has 1 aromatic carbocycles. The zero-order valence-electron chi connectivity index (χ0n) is 14.7. The normalized spacial score (nSPS) is 14.1. The first-order valence-corrected chi connectivity index (χ1v) is 9.11. The number of nitrogens with zero attached hydrogens (tertiary/aromatic N) is 3. The maximum absolute atomic E-state index is 10.2. The maximum atomic E-state index is 10.2. The van der Waals surface area contributed by atoms with E-state index in [0.29, 0.717) is 27.4 Å². The lowest BCUT2D eigenvalue weighted by molar-refractivity contribution is 0.282. The Balaban J connectivity index is 0.000000278. The van der Waals surface area contributed by atoms with E-state index in [1.807, 2.05) is 0 Å². The predicted molar refractivity (Wildman–Crippen MR) is 102 cm³/mol. The number of hydrogen-bond acceptors (Lipinski definition) is 5. The van der Waals surface area contributed by atoms with Crippen molar-refractivity contribution in [3.8, 4) is 17.0 Å². The van der Waals surface area contributed by atoms with Crippen LogP contribution in [0.25, 0.3) is 16.8 Å². The number of halogens is 1. The van der Waals surface area contributed by atoms with Crippen LogP contribution in [0.15, 0.2) is 30.7 Å². The van der Waals surface area contributed by atoms with Crippen LogP contribution in [0.5, 0.6) is 5.75 Å². The molecule has 1 aliphatic rings. The summed E-state index contributed by atoms with van der Waals surface area (Å²) in [5, 5.41) is 27.3. The minimum Gasteiger partial charge on any atom is -0.507 e. The summed E-state index contributed by atoms with van der Waals surface area (Å²) in [6, 6.07) is 5.14. The molecule has 0 radical (unpaired) electrons. The Hall–Kier alpha value is -2.15. The van der Waals surface area contributed by atoms with Crippen molar-refractivity contribution in [3.05, 3.63) is 46.9 Å². The number of phenolic OH excluding ortho intramolecular Hbond substituents is 1. The van der Waals surface area contributed by atoms with Gasteiger partial charge in [-0.2, -0.15) is 5.10 Å². The van der Waals surface area contributed by atoms with Crippen LogP contribution in [0, 0.1) is 6.92 Å². The minimum absolute atomic E-state index is 0.0800. The summed E-state index contributed by atoms with van der Waals surface area (Å²) in [4.78, 5) is 4.24. The number of piperidine rings is 1. The average Bonchev–Trinajstić information content (AvgIpc) is 3.10. The molecule has 1 fully saturated rings. The number of nitrogens with one attached hydrogen (secondary N) is 1. The first-order valence-electron chi connectivity index (χ1n) is 8.73. The van der Waals surface area contributed by atoms with Gasteiger partial charge in [-0.3, -0.25) is 0 Å². The second-order valence-corrected chi connectivity index (χ2v) is 6.81. The van der Waals surface area contributed by atoms with Gasteiger partial charge in [0.1, 0.15) is 17.8 Å². The van der Waals surface area contributed by atoms with E-state index in [-0.39, 0.29) is 12.4 Å². The molecule has 26 heavy (non-hydrogen) atoms. The van der Waals surface area contributed by atoms with Crippen LogP contribution in [0.2, 0.25) is 5.02 Å². The monoisotopic (exact) mass is 374 g/mol. The van der Waals surface area contributed by atoms with Gasteiger partial charge in [0.05, 0.1) is 12.1 Å². The molecule has 0 spiro atoms. The molecule has 3 heterocycles. The van der Waals surface area contributed by atoms with Gasteiger partial charge in [-0.1, -0.05) is 18.0 Å². The SMILES string of the molecule is C1CCNCC1.Cc1cc(Cl)cc(-c2ncnn3cc(CO)cc23)c1O. The molecule has 6 nitrogen and oxygen atoms in total. The van der Waals surface area contributed by atoms with Crippen molar-refractivity contribution in [1.82, 2.24) is 19.9 Å². The third kappa shape index (κ3) is 4.15. The van der Waals surface area contributed by atoms with Gasteiger partial charge in [-0.05, 0) is 62.2 Å². The Bertz CT molecular complexity index is 879. The number of aromatic hydroxyl groups is 1. The number of fused-ring (bicyclic) bond motifs is 1. The van der Waals surface area contributed by atoms with E-state index in [1.165, 1.54) is 38.7 Å². The summed E-state index contributed by atoms with van der Waals surface area (Å²) in [5.74, 6) is 0.141. The van der Waals surface area contributed by atoms with Crippen LogP contribution in [-0.4, -0.2) is 37.9 Å². The lowest BCUT2D eigenvalue weighted by atomic mass is 10.1. The van der Waals surface area contributed by atoms with E-state index in [2.05, 4.69) is 15.4 Å². The Labute approximate surface area is 157 Å². The Morgan fingerprint density at radius 2 is 1.96 bits per heavy atom. The van der Waals surface area contributed by atoms with E-state index in [4.69, 9.17) is 11.6 Å². The molecule has 0 aliphatic carbocycles. The van der Waals surface area contributed by atoms with Gasteiger partial charge in [-0.15, -0.1) is 0 Å². The highest BCUT2D eigenvalue weighted by atomic mass is 35.5. The third-order valence-electron chi connectivity index (χ3n) is 4.37. The number of aliphatic hydroxyl groups excluding tert-OH is 1. The summed E-state index contributed by atoms with van der Waals surface area (Å²) in [6.07, 6.45) is 7.33. The maximum Gasteiger partial charge on any atom is 0.137 e. The Kier molecular flexibility index (Phi) is 6.08. The molecule has 2 aromatic heterocycles. The van der Waals surface area contributed by atoms with Crippen molar-refractivity contribution < 1.29 is 10.2 Å². The zero-order chi connectivity index (χ0) is 18.5. The van der Waals surface area contributed by atoms with Crippen LogP contribution >= 0.6 is 11.6 Å². The number of rotatable bonds is 2. The van der Waals surface area contributed by atoms with Gasteiger partial charge in [0.2, 0.25) is 0 Å². The van der Waals surface area contributed by atoms with Crippen molar-refractivity contribution in [1.29, 1.82) is 0 Å². The largest absolute Gasteiger partial charge is 0.507 e. The molecule has 0 unspecified atom stereocenters. The Morgan fingerprint density at radius 1 is 1.19 bits per heavy atom. The van der Waals surface area contributed by atoms with Crippen LogP contribution in [0.1, 0.15) is 30.4 Å². The van der Waals surface area contributed by atoms with Crippen molar-refractivity contribution >= 4 is 17.1 Å². The van der Waals surface area contributed by atoms with Crippen molar-refractivity contribution in [2.24, 2.45) is 0 Å². The fourth-order valence-corrected chi connectivity index (χ4v) is 3.27. The quantitative estimate of drug-likeness (QED) is 0.641. The molecule has 3 N–H and O–H groups in total. The molecule has 0 saturated carbocycles. The topological polar surface area (TPSA) is 82.7 Å². The van der Waals surface area contributed by atoms with Crippen LogP contribution in [0.3, 0.4) is 0 Å². The fraction of sp³-hybridized carbons (Fsp3) is 0.368. The van der Waals surface area contributed by atoms with Crippen LogP contribution < -0.4 is 5.32 Å². The van der Waals surface area contributed by atoms with E-state index in [9.17, 15) is 10.2 Å². The van der Waals surface area contributed by atoms with Crippen molar-refractivity contribution in [3.63, 3.8) is 0 Å². The van der Waals surface area contributed by atoms with E-state index in [0.717, 1.165) is 5.56 Å². The number of phenols is 1. The number of aryl methyl sites for hydroxylation is 1. The average molecular weight is 375 g/mol. The molecular weight excluding hydrogens is 352 g/mol. The molecule has 4 rings (SSSR count). The summed E-state index contributed by atoms with van der Waals surface area (Å²) >= 11 is 6.05. The number of aliphatic hydroxyl groups is 1. The molecule has 0 atom stereocenters. The van der Waals surface area contributed by atoms with E-state index >= 15 is 0 Å². The van der Waals surface area contributed by atoms with Gasteiger partial charge in [0, 0.05) is 16.8 Å².